The van der Waals surface area contributed by atoms with E-state index in [2.05, 4.69) is 0 Å². The predicted octanol–water partition coefficient (Wildman–Crippen LogP) is 1.55. The average molecular weight is 184 g/mol. The molecule has 0 aromatic carbocycles. The van der Waals surface area contributed by atoms with Gasteiger partial charge in [0.25, 0.3) is 0 Å². The van der Waals surface area contributed by atoms with Crippen LogP contribution in [0.4, 0.5) is 0 Å². The number of carbonyl (C=O) groups is 2. The molecule has 3 heteroatoms. The zero-order valence-electron chi connectivity index (χ0n) is 8.59. The van der Waals surface area contributed by atoms with Crippen LogP contribution < -0.4 is 0 Å². The van der Waals surface area contributed by atoms with Gasteiger partial charge >= 0.3 is 5.97 Å². The van der Waals surface area contributed by atoms with Crippen molar-refractivity contribution < 1.29 is 14.3 Å². The summed E-state index contributed by atoms with van der Waals surface area (Å²) in [4.78, 5) is 22.0. The molecule has 0 aromatic heterocycles. The van der Waals surface area contributed by atoms with E-state index in [0.29, 0.717) is 6.42 Å². The summed E-state index contributed by atoms with van der Waals surface area (Å²) in [6.07, 6.45) is 1.47. The van der Waals surface area contributed by atoms with Crippen molar-refractivity contribution in [1.29, 1.82) is 0 Å². The summed E-state index contributed by atoms with van der Waals surface area (Å²) in [5.74, 6) is -0.389. The zero-order valence-corrected chi connectivity index (χ0v) is 8.59. The molecule has 0 N–H and O–H groups in total. The van der Waals surface area contributed by atoms with Gasteiger partial charge in [0.15, 0.2) is 0 Å². The first kappa shape index (κ1) is 10.2. The Labute approximate surface area is 78.5 Å². The van der Waals surface area contributed by atoms with Crippen LogP contribution in [0.15, 0.2) is 0 Å². The van der Waals surface area contributed by atoms with Gasteiger partial charge in [0.1, 0.15) is 11.9 Å². The van der Waals surface area contributed by atoms with Crippen molar-refractivity contribution in [2.45, 2.75) is 39.7 Å². The van der Waals surface area contributed by atoms with Crippen LogP contribution in [0, 0.1) is 11.3 Å². The van der Waals surface area contributed by atoms with Gasteiger partial charge in [0.05, 0.1) is 5.41 Å². The molecule has 1 aliphatic rings. The number of carbonyl (C=O) groups excluding carboxylic acids is 2. The molecule has 0 bridgehead atoms. The summed E-state index contributed by atoms with van der Waals surface area (Å²) in [7, 11) is 0. The Balaban J connectivity index is 2.56. The van der Waals surface area contributed by atoms with E-state index >= 15 is 0 Å². The normalized spacial score (nSPS) is 32.5. The molecule has 1 rings (SSSR count). The standard InChI is InChI=1S/C10H16O3/c1-9(2,3)13-8(12)10(4)5-7(10)6-11/h6-7H,5H2,1-4H3/t7-,10+/m1/s1. The maximum Gasteiger partial charge on any atom is 0.313 e. The smallest absolute Gasteiger partial charge is 0.313 e. The minimum absolute atomic E-state index is 0.137. The van der Waals surface area contributed by atoms with Crippen LogP contribution in [-0.4, -0.2) is 17.9 Å². The molecular weight excluding hydrogens is 168 g/mol. The minimum Gasteiger partial charge on any atom is -0.460 e. The molecular formula is C10H16O3. The fourth-order valence-corrected chi connectivity index (χ4v) is 1.23. The lowest BCUT2D eigenvalue weighted by molar-refractivity contribution is -0.162. The van der Waals surface area contributed by atoms with E-state index in [9.17, 15) is 9.59 Å². The van der Waals surface area contributed by atoms with Crippen molar-refractivity contribution >= 4 is 12.3 Å². The molecule has 0 spiro atoms. The Kier molecular flexibility index (Phi) is 2.22. The Morgan fingerprint density at radius 2 is 2.08 bits per heavy atom. The van der Waals surface area contributed by atoms with E-state index in [1.165, 1.54) is 0 Å². The van der Waals surface area contributed by atoms with Crippen LogP contribution in [0.25, 0.3) is 0 Å². The predicted molar refractivity (Wildman–Crippen MR) is 48.1 cm³/mol. The van der Waals surface area contributed by atoms with Crippen molar-refractivity contribution in [3.05, 3.63) is 0 Å². The molecule has 3 nitrogen and oxygen atoms in total. The van der Waals surface area contributed by atoms with Gasteiger partial charge in [-0.15, -0.1) is 0 Å². The molecule has 74 valence electrons. The SMILES string of the molecule is CC(C)(C)OC(=O)[C@@]1(C)C[C@@H]1C=O. The molecule has 0 amide bonds. The van der Waals surface area contributed by atoms with Crippen LogP contribution in [-0.2, 0) is 14.3 Å². The topological polar surface area (TPSA) is 43.4 Å². The first-order chi connectivity index (χ1) is 5.79. The van der Waals surface area contributed by atoms with Crippen LogP contribution in [0.1, 0.15) is 34.1 Å². The van der Waals surface area contributed by atoms with E-state index < -0.39 is 11.0 Å². The monoisotopic (exact) mass is 184 g/mol. The van der Waals surface area contributed by atoms with E-state index in [0.717, 1.165) is 6.29 Å². The van der Waals surface area contributed by atoms with Gasteiger partial charge in [0.2, 0.25) is 0 Å². The van der Waals surface area contributed by atoms with Crippen molar-refractivity contribution in [3.8, 4) is 0 Å². The van der Waals surface area contributed by atoms with Gasteiger partial charge in [-0.2, -0.15) is 0 Å². The molecule has 13 heavy (non-hydrogen) atoms. The van der Waals surface area contributed by atoms with Gasteiger partial charge in [-0.1, -0.05) is 0 Å². The van der Waals surface area contributed by atoms with Crippen LogP contribution >= 0.6 is 0 Å². The second kappa shape index (κ2) is 2.82. The Bertz CT molecular complexity index is 239. The Hall–Kier alpha value is -0.860. The Morgan fingerprint density at radius 1 is 1.54 bits per heavy atom. The molecule has 2 atom stereocenters. The van der Waals surface area contributed by atoms with E-state index in [1.54, 1.807) is 6.92 Å². The molecule has 0 aliphatic heterocycles. The molecule has 0 unspecified atom stereocenters. The summed E-state index contributed by atoms with van der Waals surface area (Å²) in [5, 5.41) is 0. The van der Waals surface area contributed by atoms with E-state index in [4.69, 9.17) is 4.74 Å². The summed E-state index contributed by atoms with van der Waals surface area (Å²) in [6, 6.07) is 0. The summed E-state index contributed by atoms with van der Waals surface area (Å²) in [6.45, 7) is 7.26. The minimum atomic E-state index is -0.547. The first-order valence-electron chi connectivity index (χ1n) is 4.48. The maximum atomic E-state index is 11.5. The zero-order chi connectivity index (χ0) is 10.3. The van der Waals surface area contributed by atoms with Gasteiger partial charge in [-0.25, -0.2) is 0 Å². The summed E-state index contributed by atoms with van der Waals surface area (Å²) < 4.78 is 5.20. The van der Waals surface area contributed by atoms with Crippen LogP contribution in [0.3, 0.4) is 0 Å². The lowest BCUT2D eigenvalue weighted by Crippen LogP contribution is -2.29. The number of ether oxygens (including phenoxy) is 1. The molecule has 0 heterocycles. The van der Waals surface area contributed by atoms with E-state index in [-0.39, 0.29) is 11.9 Å². The van der Waals surface area contributed by atoms with Gasteiger partial charge < -0.3 is 9.53 Å². The lowest BCUT2D eigenvalue weighted by atomic mass is 10.1. The molecule has 1 saturated carbocycles. The van der Waals surface area contributed by atoms with Gasteiger partial charge in [-0.3, -0.25) is 4.79 Å². The van der Waals surface area contributed by atoms with E-state index in [1.807, 2.05) is 20.8 Å². The molecule has 1 aliphatic carbocycles. The molecule has 0 saturated heterocycles. The van der Waals surface area contributed by atoms with Crippen LogP contribution in [0.5, 0.6) is 0 Å². The van der Waals surface area contributed by atoms with Gasteiger partial charge in [0, 0.05) is 5.92 Å². The molecule has 1 fully saturated rings. The summed E-state index contributed by atoms with van der Waals surface area (Å²) >= 11 is 0. The average Bonchev–Trinajstić information content (AvgIpc) is 2.60. The third kappa shape index (κ3) is 2.08. The summed E-state index contributed by atoms with van der Waals surface area (Å²) in [5.41, 5.74) is -1.01. The van der Waals surface area contributed by atoms with Crippen molar-refractivity contribution in [2.75, 3.05) is 0 Å². The van der Waals surface area contributed by atoms with Crippen molar-refractivity contribution in [3.63, 3.8) is 0 Å². The number of hydrogen-bond donors (Lipinski definition) is 0. The first-order valence-corrected chi connectivity index (χ1v) is 4.48. The van der Waals surface area contributed by atoms with Crippen molar-refractivity contribution in [2.24, 2.45) is 11.3 Å². The Morgan fingerprint density at radius 3 is 2.38 bits per heavy atom. The second-order valence-electron chi connectivity index (χ2n) is 4.87. The largest absolute Gasteiger partial charge is 0.460 e. The van der Waals surface area contributed by atoms with Gasteiger partial charge in [-0.05, 0) is 34.1 Å². The number of esters is 1. The number of aldehydes is 1. The highest BCUT2D eigenvalue weighted by atomic mass is 16.6. The third-order valence-electron chi connectivity index (χ3n) is 2.33. The quantitative estimate of drug-likeness (QED) is 0.483. The molecule has 0 aromatic rings. The fraction of sp³-hybridized carbons (Fsp3) is 0.800. The highest BCUT2D eigenvalue weighted by Crippen LogP contribution is 2.52. The van der Waals surface area contributed by atoms with Crippen LogP contribution in [0.2, 0.25) is 0 Å². The number of rotatable bonds is 2. The highest BCUT2D eigenvalue weighted by molar-refractivity contribution is 5.86. The number of hydrogen-bond acceptors (Lipinski definition) is 3. The van der Waals surface area contributed by atoms with Crippen molar-refractivity contribution in [1.82, 2.24) is 0 Å². The third-order valence-corrected chi connectivity index (χ3v) is 2.33. The highest BCUT2D eigenvalue weighted by Gasteiger charge is 2.58. The molecule has 0 radical (unpaired) electrons. The fourth-order valence-electron chi connectivity index (χ4n) is 1.23. The lowest BCUT2D eigenvalue weighted by Gasteiger charge is -2.22. The second-order valence-corrected chi connectivity index (χ2v) is 4.87. The maximum absolute atomic E-state index is 11.5.